The van der Waals surface area contributed by atoms with Crippen molar-refractivity contribution in [3.63, 3.8) is 0 Å². The van der Waals surface area contributed by atoms with E-state index in [0.717, 1.165) is 11.4 Å². The molecule has 0 radical (unpaired) electrons. The Hall–Kier alpha value is -2.71. The molecule has 0 unspecified atom stereocenters. The maximum absolute atomic E-state index is 11.7. The first kappa shape index (κ1) is 17.6. The van der Waals surface area contributed by atoms with Gasteiger partial charge < -0.3 is 14.6 Å². The molecular weight excluding hydrogens is 312 g/mol. The zero-order chi connectivity index (χ0) is 17.7. The first-order valence-electron chi connectivity index (χ1n) is 7.74. The number of aromatic nitrogens is 4. The summed E-state index contributed by atoms with van der Waals surface area (Å²) in [7, 11) is 3.27. The molecule has 2 rings (SSSR count). The molecule has 2 aromatic rings. The van der Waals surface area contributed by atoms with Crippen LogP contribution in [0.3, 0.4) is 0 Å². The van der Waals surface area contributed by atoms with E-state index in [1.807, 2.05) is 19.9 Å². The molecule has 0 aliphatic rings. The summed E-state index contributed by atoms with van der Waals surface area (Å²) in [6.45, 7) is 4.55. The average molecular weight is 334 g/mol. The summed E-state index contributed by atoms with van der Waals surface area (Å²) < 4.78 is 7.39. The first-order valence-corrected chi connectivity index (χ1v) is 7.74. The molecule has 0 saturated carbocycles. The molecule has 9 heteroatoms. The maximum atomic E-state index is 11.7. The third-order valence-corrected chi connectivity index (χ3v) is 3.39. The summed E-state index contributed by atoms with van der Waals surface area (Å²) in [5, 5.41) is 14.9. The summed E-state index contributed by atoms with van der Waals surface area (Å²) >= 11 is 0. The van der Waals surface area contributed by atoms with E-state index in [-0.39, 0.29) is 24.8 Å². The van der Waals surface area contributed by atoms with E-state index in [4.69, 9.17) is 4.42 Å². The Morgan fingerprint density at radius 1 is 1.33 bits per heavy atom. The highest BCUT2D eigenvalue weighted by Gasteiger charge is 2.15. The number of likely N-dealkylation sites (N-methyl/N-ethyl adjacent to an activating group) is 1. The van der Waals surface area contributed by atoms with E-state index in [1.165, 1.54) is 4.90 Å². The minimum atomic E-state index is -0.237. The molecule has 2 aromatic heterocycles. The van der Waals surface area contributed by atoms with Crippen molar-refractivity contribution < 1.29 is 14.0 Å². The Bertz CT molecular complexity index is 719. The number of nitrogens with one attached hydrogen (secondary N) is 1. The summed E-state index contributed by atoms with van der Waals surface area (Å²) in [5.41, 5.74) is 1.63. The van der Waals surface area contributed by atoms with Gasteiger partial charge in [0.1, 0.15) is 5.69 Å². The second-order valence-electron chi connectivity index (χ2n) is 5.55. The van der Waals surface area contributed by atoms with Crippen molar-refractivity contribution in [3.05, 3.63) is 17.7 Å². The third kappa shape index (κ3) is 4.40. The fourth-order valence-corrected chi connectivity index (χ4v) is 2.06. The van der Waals surface area contributed by atoms with Gasteiger partial charge in [0.2, 0.25) is 17.7 Å². The fraction of sp³-hybridized carbons (Fsp3) is 0.533. The topological polar surface area (TPSA) is 106 Å². The quantitative estimate of drug-likeness (QED) is 0.785. The van der Waals surface area contributed by atoms with Crippen molar-refractivity contribution in [2.45, 2.75) is 33.2 Å². The maximum Gasteiger partial charge on any atom is 0.265 e. The van der Waals surface area contributed by atoms with Crippen LogP contribution in [0.1, 0.15) is 24.9 Å². The molecule has 0 atom stereocenters. The lowest BCUT2D eigenvalue weighted by molar-refractivity contribution is -0.130. The highest BCUT2D eigenvalue weighted by atomic mass is 16.4. The van der Waals surface area contributed by atoms with Gasteiger partial charge in [0.15, 0.2) is 0 Å². The van der Waals surface area contributed by atoms with Gasteiger partial charge in [-0.05, 0) is 19.9 Å². The van der Waals surface area contributed by atoms with Crippen molar-refractivity contribution >= 4 is 11.8 Å². The largest absolute Gasteiger partial charge is 0.419 e. The zero-order valence-electron chi connectivity index (χ0n) is 14.4. The van der Waals surface area contributed by atoms with Gasteiger partial charge in [0.25, 0.3) is 5.89 Å². The molecule has 9 nitrogen and oxygen atoms in total. The molecular formula is C15H22N6O3. The molecule has 0 spiro atoms. The van der Waals surface area contributed by atoms with Crippen molar-refractivity contribution in [2.24, 2.45) is 0 Å². The number of carbonyl (C=O) groups is 2. The van der Waals surface area contributed by atoms with E-state index >= 15 is 0 Å². The van der Waals surface area contributed by atoms with Crippen LogP contribution in [-0.4, -0.2) is 57.3 Å². The number of hydrogen-bond acceptors (Lipinski definition) is 6. The van der Waals surface area contributed by atoms with E-state index in [9.17, 15) is 9.59 Å². The van der Waals surface area contributed by atoms with Gasteiger partial charge in [-0.25, -0.2) is 0 Å². The van der Waals surface area contributed by atoms with Gasteiger partial charge >= 0.3 is 0 Å². The van der Waals surface area contributed by atoms with Gasteiger partial charge in [-0.15, -0.1) is 10.2 Å². The fourth-order valence-electron chi connectivity index (χ4n) is 2.06. The van der Waals surface area contributed by atoms with Crippen molar-refractivity contribution in [1.82, 2.24) is 30.2 Å². The predicted molar refractivity (Wildman–Crippen MR) is 86.0 cm³/mol. The van der Waals surface area contributed by atoms with Crippen LogP contribution in [0.15, 0.2) is 10.5 Å². The highest BCUT2D eigenvalue weighted by molar-refractivity contribution is 5.84. The molecule has 0 fully saturated rings. The molecule has 2 amide bonds. The Morgan fingerprint density at radius 3 is 2.75 bits per heavy atom. The van der Waals surface area contributed by atoms with Crippen LogP contribution in [0.25, 0.3) is 11.6 Å². The normalized spacial score (nSPS) is 10.7. The van der Waals surface area contributed by atoms with Gasteiger partial charge in [-0.2, -0.15) is 5.10 Å². The van der Waals surface area contributed by atoms with Gasteiger partial charge in [-0.1, -0.05) is 0 Å². The van der Waals surface area contributed by atoms with E-state index < -0.39 is 0 Å². The van der Waals surface area contributed by atoms with Crippen LogP contribution in [0.5, 0.6) is 0 Å². The number of amides is 2. The summed E-state index contributed by atoms with van der Waals surface area (Å²) in [6.07, 6.45) is 0.489. The number of aryl methyl sites for hydroxylation is 3. The summed E-state index contributed by atoms with van der Waals surface area (Å²) in [6, 6.07) is 1.88. The second kappa shape index (κ2) is 7.71. The number of nitrogens with zero attached hydrogens (tertiary/aromatic N) is 5. The number of carbonyl (C=O) groups excluding carboxylic acids is 2. The summed E-state index contributed by atoms with van der Waals surface area (Å²) in [5.74, 6) is 0.363. The molecule has 0 aliphatic heterocycles. The van der Waals surface area contributed by atoms with Crippen LogP contribution < -0.4 is 5.32 Å². The molecule has 2 heterocycles. The molecule has 0 bridgehead atoms. The van der Waals surface area contributed by atoms with Crippen molar-refractivity contribution in [2.75, 3.05) is 20.6 Å². The lowest BCUT2D eigenvalue weighted by atomic mass is 10.3. The van der Waals surface area contributed by atoms with E-state index in [0.29, 0.717) is 24.7 Å². The molecule has 0 aliphatic carbocycles. The Labute approximate surface area is 140 Å². The molecule has 0 saturated heterocycles. The predicted octanol–water partition coefficient (Wildman–Crippen LogP) is 0.398. The van der Waals surface area contributed by atoms with Crippen LogP contribution in [0.2, 0.25) is 0 Å². The van der Waals surface area contributed by atoms with Crippen LogP contribution in [0.4, 0.5) is 0 Å². The van der Waals surface area contributed by atoms with Crippen LogP contribution in [-0.2, 0) is 22.6 Å². The van der Waals surface area contributed by atoms with Gasteiger partial charge in [0, 0.05) is 33.5 Å². The Morgan fingerprint density at radius 2 is 2.08 bits per heavy atom. The third-order valence-electron chi connectivity index (χ3n) is 3.39. The summed E-state index contributed by atoms with van der Waals surface area (Å²) in [4.78, 5) is 24.6. The highest BCUT2D eigenvalue weighted by Crippen LogP contribution is 2.19. The second-order valence-corrected chi connectivity index (χ2v) is 5.55. The molecule has 0 aromatic carbocycles. The monoisotopic (exact) mass is 334 g/mol. The Balaban J connectivity index is 1.90. The lowest BCUT2D eigenvalue weighted by Crippen LogP contribution is -2.36. The standard InChI is InChI=1S/C15H22N6O3/c1-5-21-11(8-10(2)19-21)15-18-17-13(24-15)7-6-12(22)16-9-14(23)20(3)4/h8H,5-7,9H2,1-4H3,(H,16,22). The Kier molecular flexibility index (Phi) is 5.67. The SMILES string of the molecule is CCn1nc(C)cc1-c1nnc(CCC(=O)NCC(=O)N(C)C)o1. The van der Waals surface area contributed by atoms with Crippen molar-refractivity contribution in [1.29, 1.82) is 0 Å². The van der Waals surface area contributed by atoms with E-state index in [2.05, 4.69) is 20.6 Å². The number of hydrogen-bond donors (Lipinski definition) is 1. The molecule has 24 heavy (non-hydrogen) atoms. The van der Waals surface area contributed by atoms with Crippen LogP contribution in [0, 0.1) is 6.92 Å². The molecule has 130 valence electrons. The van der Waals surface area contributed by atoms with Crippen LogP contribution >= 0.6 is 0 Å². The minimum Gasteiger partial charge on any atom is -0.419 e. The average Bonchev–Trinajstić information content (AvgIpc) is 3.16. The van der Waals surface area contributed by atoms with Gasteiger partial charge in [-0.3, -0.25) is 14.3 Å². The van der Waals surface area contributed by atoms with E-state index in [1.54, 1.807) is 18.8 Å². The minimum absolute atomic E-state index is 0.0180. The van der Waals surface area contributed by atoms with Crippen molar-refractivity contribution in [3.8, 4) is 11.6 Å². The zero-order valence-corrected chi connectivity index (χ0v) is 14.4. The smallest absolute Gasteiger partial charge is 0.265 e. The number of rotatable bonds is 7. The van der Waals surface area contributed by atoms with Gasteiger partial charge in [0.05, 0.1) is 12.2 Å². The molecule has 1 N–H and O–H groups in total. The first-order chi connectivity index (χ1) is 11.4. The lowest BCUT2D eigenvalue weighted by Gasteiger charge is -2.10.